The van der Waals surface area contributed by atoms with Crippen LogP contribution in [0, 0.1) is 20.8 Å². The summed E-state index contributed by atoms with van der Waals surface area (Å²) in [4.78, 5) is 12.6. The van der Waals surface area contributed by atoms with Gasteiger partial charge in [-0.05, 0) is 20.8 Å². The molecule has 7 nitrogen and oxygen atoms in total. The van der Waals surface area contributed by atoms with E-state index < -0.39 is 0 Å². The quantitative estimate of drug-likeness (QED) is 0.556. The minimum Gasteiger partial charge on any atom is -0.308 e. The van der Waals surface area contributed by atoms with Crippen LogP contribution < -0.4 is 11.3 Å². The zero-order chi connectivity index (χ0) is 11.7. The van der Waals surface area contributed by atoms with Crippen molar-refractivity contribution in [3.05, 3.63) is 23.5 Å². The fourth-order valence-electron chi connectivity index (χ4n) is 1.47. The van der Waals surface area contributed by atoms with Crippen LogP contribution in [0.1, 0.15) is 17.5 Å². The van der Waals surface area contributed by atoms with E-state index in [9.17, 15) is 0 Å². The van der Waals surface area contributed by atoms with Crippen LogP contribution in [-0.2, 0) is 0 Å². The third-order valence-corrected chi connectivity index (χ3v) is 2.06. The second kappa shape index (κ2) is 3.86. The van der Waals surface area contributed by atoms with Crippen molar-refractivity contribution in [3.63, 3.8) is 0 Å². The standard InChI is InChI=1S/C9H13N7/c1-5-12-8(14-10)4-9(13-5)16-7(3)11-6(2)15-16/h4H,10H2,1-3H3,(H,12,13,14). The fraction of sp³-hybridized carbons (Fsp3) is 0.333. The molecular weight excluding hydrogens is 206 g/mol. The van der Waals surface area contributed by atoms with Gasteiger partial charge in [-0.15, -0.1) is 5.10 Å². The molecule has 84 valence electrons. The molecule has 3 N–H and O–H groups in total. The number of nitrogen functional groups attached to an aromatic ring is 1. The van der Waals surface area contributed by atoms with Gasteiger partial charge in [0.1, 0.15) is 23.3 Å². The summed E-state index contributed by atoms with van der Waals surface area (Å²) < 4.78 is 1.66. The zero-order valence-electron chi connectivity index (χ0n) is 9.39. The fourth-order valence-corrected chi connectivity index (χ4v) is 1.47. The van der Waals surface area contributed by atoms with E-state index in [1.54, 1.807) is 17.7 Å². The summed E-state index contributed by atoms with van der Waals surface area (Å²) >= 11 is 0. The smallest absolute Gasteiger partial charge is 0.161 e. The van der Waals surface area contributed by atoms with E-state index in [4.69, 9.17) is 5.84 Å². The van der Waals surface area contributed by atoms with E-state index in [0.29, 0.717) is 23.3 Å². The highest BCUT2D eigenvalue weighted by molar-refractivity contribution is 5.40. The van der Waals surface area contributed by atoms with Crippen molar-refractivity contribution >= 4 is 5.82 Å². The van der Waals surface area contributed by atoms with Crippen molar-refractivity contribution in [2.24, 2.45) is 5.84 Å². The van der Waals surface area contributed by atoms with Crippen LogP contribution in [0.5, 0.6) is 0 Å². The first-order chi connectivity index (χ1) is 7.60. The lowest BCUT2D eigenvalue weighted by Gasteiger charge is -2.05. The summed E-state index contributed by atoms with van der Waals surface area (Å²) in [6.07, 6.45) is 0. The van der Waals surface area contributed by atoms with Gasteiger partial charge in [0.05, 0.1) is 0 Å². The first kappa shape index (κ1) is 10.5. The number of nitrogens with zero attached hydrogens (tertiary/aromatic N) is 5. The van der Waals surface area contributed by atoms with Crippen molar-refractivity contribution in [2.45, 2.75) is 20.8 Å². The normalized spacial score (nSPS) is 10.5. The van der Waals surface area contributed by atoms with Gasteiger partial charge in [-0.3, -0.25) is 0 Å². The van der Waals surface area contributed by atoms with E-state index in [1.165, 1.54) is 0 Å². The predicted octanol–water partition coefficient (Wildman–Crippen LogP) is 0.268. The molecule has 0 saturated carbocycles. The summed E-state index contributed by atoms with van der Waals surface area (Å²) in [5, 5.41) is 4.24. The molecular formula is C9H13N7. The molecule has 16 heavy (non-hydrogen) atoms. The molecule has 2 aromatic heterocycles. The molecule has 0 amide bonds. The van der Waals surface area contributed by atoms with Crippen molar-refractivity contribution in [3.8, 4) is 5.82 Å². The van der Waals surface area contributed by atoms with E-state index in [2.05, 4.69) is 25.5 Å². The van der Waals surface area contributed by atoms with E-state index in [1.807, 2.05) is 13.8 Å². The van der Waals surface area contributed by atoms with Gasteiger partial charge in [0.15, 0.2) is 5.82 Å². The topological polar surface area (TPSA) is 94.5 Å². The number of rotatable bonds is 2. The Hall–Kier alpha value is -2.02. The van der Waals surface area contributed by atoms with Crippen LogP contribution >= 0.6 is 0 Å². The Labute approximate surface area is 92.7 Å². The minimum absolute atomic E-state index is 0.551. The van der Waals surface area contributed by atoms with Crippen molar-refractivity contribution in [1.29, 1.82) is 0 Å². The Morgan fingerprint density at radius 1 is 1.12 bits per heavy atom. The molecule has 0 atom stereocenters. The van der Waals surface area contributed by atoms with E-state index >= 15 is 0 Å². The molecule has 0 aliphatic rings. The number of aryl methyl sites for hydroxylation is 3. The van der Waals surface area contributed by atoms with Crippen LogP contribution in [0.25, 0.3) is 5.82 Å². The van der Waals surface area contributed by atoms with E-state index in [0.717, 1.165) is 5.82 Å². The molecule has 0 fully saturated rings. The highest BCUT2D eigenvalue weighted by atomic mass is 15.4. The summed E-state index contributed by atoms with van der Waals surface area (Å²) in [7, 11) is 0. The maximum atomic E-state index is 5.32. The number of hydrogen-bond acceptors (Lipinski definition) is 6. The van der Waals surface area contributed by atoms with Crippen molar-refractivity contribution in [1.82, 2.24) is 24.7 Å². The van der Waals surface area contributed by atoms with Crippen molar-refractivity contribution in [2.75, 3.05) is 5.43 Å². The Kier molecular flexibility index (Phi) is 2.53. The molecule has 7 heteroatoms. The molecule has 0 bridgehead atoms. The summed E-state index contributed by atoms with van der Waals surface area (Å²) in [5.41, 5.74) is 2.49. The Balaban J connectivity index is 2.55. The Bertz CT molecular complexity index is 517. The minimum atomic E-state index is 0.551. The molecule has 0 aromatic carbocycles. The maximum absolute atomic E-state index is 5.32. The molecule has 2 heterocycles. The number of hydrazine groups is 1. The monoisotopic (exact) mass is 219 g/mol. The second-order valence-corrected chi connectivity index (χ2v) is 3.42. The van der Waals surface area contributed by atoms with Crippen LogP contribution in [0.15, 0.2) is 6.07 Å². The van der Waals surface area contributed by atoms with Gasteiger partial charge in [-0.25, -0.2) is 20.8 Å². The number of anilines is 1. The Morgan fingerprint density at radius 2 is 1.88 bits per heavy atom. The number of hydrogen-bond donors (Lipinski definition) is 2. The third kappa shape index (κ3) is 1.84. The molecule has 0 spiro atoms. The SMILES string of the molecule is Cc1nc(NN)cc(-n2nc(C)nc2C)n1. The number of nitrogens with one attached hydrogen (secondary N) is 1. The summed E-state index contributed by atoms with van der Waals surface area (Å²) in [6, 6.07) is 1.72. The average molecular weight is 219 g/mol. The van der Waals surface area contributed by atoms with Crippen LogP contribution in [0.2, 0.25) is 0 Å². The maximum Gasteiger partial charge on any atom is 0.161 e. The highest BCUT2D eigenvalue weighted by Crippen LogP contribution is 2.11. The van der Waals surface area contributed by atoms with Gasteiger partial charge in [0.2, 0.25) is 0 Å². The first-order valence-corrected chi connectivity index (χ1v) is 4.83. The lowest BCUT2D eigenvalue weighted by molar-refractivity contribution is 0.791. The first-order valence-electron chi connectivity index (χ1n) is 4.83. The van der Waals surface area contributed by atoms with E-state index in [-0.39, 0.29) is 0 Å². The molecule has 0 radical (unpaired) electrons. The average Bonchev–Trinajstić information content (AvgIpc) is 2.57. The van der Waals surface area contributed by atoms with Gasteiger partial charge in [-0.2, -0.15) is 4.68 Å². The highest BCUT2D eigenvalue weighted by Gasteiger charge is 2.08. The molecule has 0 unspecified atom stereocenters. The van der Waals surface area contributed by atoms with Gasteiger partial charge in [0, 0.05) is 6.07 Å². The van der Waals surface area contributed by atoms with Gasteiger partial charge in [0.25, 0.3) is 0 Å². The van der Waals surface area contributed by atoms with Gasteiger partial charge in [-0.1, -0.05) is 0 Å². The molecule has 0 saturated heterocycles. The molecule has 0 aliphatic heterocycles. The molecule has 2 rings (SSSR count). The van der Waals surface area contributed by atoms with Crippen LogP contribution in [0.4, 0.5) is 5.82 Å². The van der Waals surface area contributed by atoms with Crippen LogP contribution in [-0.4, -0.2) is 24.7 Å². The number of aromatic nitrogens is 5. The van der Waals surface area contributed by atoms with Gasteiger partial charge < -0.3 is 5.43 Å². The summed E-state index contributed by atoms with van der Waals surface area (Å²) in [5.74, 6) is 8.63. The lowest BCUT2D eigenvalue weighted by Crippen LogP contribution is -2.12. The largest absolute Gasteiger partial charge is 0.308 e. The molecule has 0 aliphatic carbocycles. The lowest BCUT2D eigenvalue weighted by atomic mass is 10.5. The number of nitrogens with two attached hydrogens (primary N) is 1. The Morgan fingerprint density at radius 3 is 2.44 bits per heavy atom. The summed E-state index contributed by atoms with van der Waals surface area (Å²) in [6.45, 7) is 5.50. The third-order valence-electron chi connectivity index (χ3n) is 2.06. The van der Waals surface area contributed by atoms with Crippen LogP contribution in [0.3, 0.4) is 0 Å². The van der Waals surface area contributed by atoms with Gasteiger partial charge >= 0.3 is 0 Å². The zero-order valence-corrected chi connectivity index (χ0v) is 9.39. The van der Waals surface area contributed by atoms with Crippen molar-refractivity contribution < 1.29 is 0 Å². The predicted molar refractivity (Wildman–Crippen MR) is 59.0 cm³/mol. The second-order valence-electron chi connectivity index (χ2n) is 3.42. The molecule has 2 aromatic rings.